The van der Waals surface area contributed by atoms with Crippen LogP contribution in [0.2, 0.25) is 0 Å². The maximum absolute atomic E-state index is 11.5. The SMILES string of the molecule is O=C(O)COCCNS(=O)(=O)c1cccs1. The van der Waals surface area contributed by atoms with Crippen molar-refractivity contribution in [2.45, 2.75) is 4.21 Å². The Bertz CT molecular complexity index is 425. The van der Waals surface area contributed by atoms with E-state index in [0.29, 0.717) is 0 Å². The Morgan fingerprint density at radius 1 is 1.56 bits per heavy atom. The Kier molecular flexibility index (Phi) is 4.87. The van der Waals surface area contributed by atoms with Crippen molar-refractivity contribution in [2.24, 2.45) is 0 Å². The lowest BCUT2D eigenvalue weighted by atomic mass is 10.7. The van der Waals surface area contributed by atoms with Crippen LogP contribution in [0.1, 0.15) is 0 Å². The summed E-state index contributed by atoms with van der Waals surface area (Å²) in [6, 6.07) is 3.13. The molecule has 0 saturated heterocycles. The molecule has 0 atom stereocenters. The van der Waals surface area contributed by atoms with E-state index < -0.39 is 22.6 Å². The minimum atomic E-state index is -3.48. The van der Waals surface area contributed by atoms with Crippen molar-refractivity contribution in [1.82, 2.24) is 4.72 Å². The van der Waals surface area contributed by atoms with E-state index in [2.05, 4.69) is 9.46 Å². The summed E-state index contributed by atoms with van der Waals surface area (Å²) in [5, 5.41) is 9.92. The van der Waals surface area contributed by atoms with E-state index in [1.165, 1.54) is 6.07 Å². The molecule has 0 fully saturated rings. The zero-order valence-corrected chi connectivity index (χ0v) is 9.88. The molecule has 0 aliphatic carbocycles. The average molecular weight is 265 g/mol. The number of carboxylic acid groups (broad SMARTS) is 1. The molecule has 0 aliphatic rings. The van der Waals surface area contributed by atoms with Gasteiger partial charge in [0, 0.05) is 6.54 Å². The molecule has 0 unspecified atom stereocenters. The van der Waals surface area contributed by atoms with Crippen LogP contribution >= 0.6 is 11.3 Å². The van der Waals surface area contributed by atoms with Gasteiger partial charge in [0.25, 0.3) is 0 Å². The third-order valence-electron chi connectivity index (χ3n) is 1.52. The number of sulfonamides is 1. The van der Waals surface area contributed by atoms with Gasteiger partial charge in [-0.05, 0) is 11.4 Å². The first-order valence-electron chi connectivity index (χ1n) is 4.35. The van der Waals surface area contributed by atoms with E-state index in [0.717, 1.165) is 11.3 Å². The van der Waals surface area contributed by atoms with E-state index in [-0.39, 0.29) is 17.4 Å². The monoisotopic (exact) mass is 265 g/mol. The number of aliphatic carboxylic acids is 1. The van der Waals surface area contributed by atoms with Crippen molar-refractivity contribution in [1.29, 1.82) is 0 Å². The standard InChI is InChI=1S/C8H11NO5S2/c10-7(11)6-14-4-3-9-16(12,13)8-2-1-5-15-8/h1-2,5,9H,3-4,6H2,(H,10,11). The van der Waals surface area contributed by atoms with Gasteiger partial charge >= 0.3 is 5.97 Å². The van der Waals surface area contributed by atoms with Gasteiger partial charge in [0.1, 0.15) is 10.8 Å². The molecule has 1 heterocycles. The summed E-state index contributed by atoms with van der Waals surface area (Å²) in [5.74, 6) is -1.08. The second-order valence-electron chi connectivity index (χ2n) is 2.78. The number of hydrogen-bond donors (Lipinski definition) is 2. The van der Waals surface area contributed by atoms with Crippen molar-refractivity contribution in [2.75, 3.05) is 19.8 Å². The van der Waals surface area contributed by atoms with Crippen LogP contribution in [0.4, 0.5) is 0 Å². The largest absolute Gasteiger partial charge is 0.480 e. The third kappa shape index (κ3) is 4.27. The van der Waals surface area contributed by atoms with Crippen LogP contribution in [-0.2, 0) is 19.6 Å². The van der Waals surface area contributed by atoms with Crippen LogP contribution in [0.3, 0.4) is 0 Å². The molecule has 0 amide bonds. The number of thiophene rings is 1. The Morgan fingerprint density at radius 2 is 2.31 bits per heavy atom. The molecule has 1 aromatic heterocycles. The minimum absolute atomic E-state index is 0.0247. The molecule has 0 spiro atoms. The van der Waals surface area contributed by atoms with Gasteiger partial charge in [-0.1, -0.05) is 6.07 Å². The quantitative estimate of drug-likeness (QED) is 0.683. The Morgan fingerprint density at radius 3 is 2.88 bits per heavy atom. The van der Waals surface area contributed by atoms with Gasteiger partial charge in [-0.3, -0.25) is 0 Å². The van der Waals surface area contributed by atoms with Gasteiger partial charge in [0.2, 0.25) is 10.0 Å². The smallest absolute Gasteiger partial charge is 0.329 e. The summed E-state index contributed by atoms with van der Waals surface area (Å²) < 4.78 is 30.2. The predicted molar refractivity (Wildman–Crippen MR) is 58.0 cm³/mol. The predicted octanol–water partition coefficient (Wildman–Crippen LogP) is 0.128. The molecular formula is C8H11NO5S2. The number of carbonyl (C=O) groups is 1. The molecule has 6 nitrogen and oxygen atoms in total. The average Bonchev–Trinajstić information content (AvgIpc) is 2.69. The highest BCUT2D eigenvalue weighted by atomic mass is 32.2. The lowest BCUT2D eigenvalue weighted by molar-refractivity contribution is -0.142. The molecule has 2 N–H and O–H groups in total. The fraction of sp³-hybridized carbons (Fsp3) is 0.375. The van der Waals surface area contributed by atoms with Gasteiger partial charge in [0.05, 0.1) is 6.61 Å². The summed E-state index contributed by atoms with van der Waals surface area (Å²) >= 11 is 1.11. The number of rotatable bonds is 7. The molecule has 0 aromatic carbocycles. The fourth-order valence-corrected chi connectivity index (χ4v) is 2.95. The summed E-state index contributed by atoms with van der Waals surface area (Å²) in [4.78, 5) is 10.1. The van der Waals surface area contributed by atoms with Crippen molar-refractivity contribution >= 4 is 27.3 Å². The highest BCUT2D eigenvalue weighted by molar-refractivity contribution is 7.91. The lowest BCUT2D eigenvalue weighted by Crippen LogP contribution is -2.27. The van der Waals surface area contributed by atoms with E-state index >= 15 is 0 Å². The molecule has 1 rings (SSSR count). The third-order valence-corrected chi connectivity index (χ3v) is 4.38. The first-order valence-corrected chi connectivity index (χ1v) is 6.71. The maximum Gasteiger partial charge on any atom is 0.329 e. The van der Waals surface area contributed by atoms with Gasteiger partial charge in [-0.25, -0.2) is 17.9 Å². The van der Waals surface area contributed by atoms with Crippen LogP contribution in [0.25, 0.3) is 0 Å². The topological polar surface area (TPSA) is 92.7 Å². The number of nitrogens with one attached hydrogen (secondary N) is 1. The van der Waals surface area contributed by atoms with Crippen LogP contribution < -0.4 is 4.72 Å². The van der Waals surface area contributed by atoms with Crippen LogP contribution in [0, 0.1) is 0 Å². The zero-order valence-electron chi connectivity index (χ0n) is 8.25. The number of hydrogen-bond acceptors (Lipinski definition) is 5. The molecule has 0 bridgehead atoms. The second kappa shape index (κ2) is 5.94. The molecule has 8 heteroatoms. The van der Waals surface area contributed by atoms with Gasteiger partial charge in [-0.15, -0.1) is 11.3 Å². The second-order valence-corrected chi connectivity index (χ2v) is 5.72. The highest BCUT2D eigenvalue weighted by Crippen LogP contribution is 2.14. The van der Waals surface area contributed by atoms with E-state index in [9.17, 15) is 13.2 Å². The Labute approximate surface area is 96.9 Å². The summed E-state index contributed by atoms with van der Waals surface area (Å²) in [6.45, 7) is -0.356. The normalized spacial score (nSPS) is 11.5. The first-order chi connectivity index (χ1) is 7.52. The van der Waals surface area contributed by atoms with E-state index in [4.69, 9.17) is 5.11 Å². The minimum Gasteiger partial charge on any atom is -0.480 e. The molecule has 16 heavy (non-hydrogen) atoms. The number of carboxylic acids is 1. The molecule has 0 radical (unpaired) electrons. The maximum atomic E-state index is 11.5. The van der Waals surface area contributed by atoms with Crippen molar-refractivity contribution in [3.05, 3.63) is 17.5 Å². The molecule has 1 aromatic rings. The Hall–Kier alpha value is -0.960. The van der Waals surface area contributed by atoms with Crippen molar-refractivity contribution in [3.8, 4) is 0 Å². The first kappa shape index (κ1) is 13.1. The number of ether oxygens (including phenoxy) is 1. The molecular weight excluding hydrogens is 254 g/mol. The van der Waals surface area contributed by atoms with Gasteiger partial charge < -0.3 is 9.84 Å². The highest BCUT2D eigenvalue weighted by Gasteiger charge is 2.13. The van der Waals surface area contributed by atoms with Crippen molar-refractivity contribution in [3.63, 3.8) is 0 Å². The van der Waals surface area contributed by atoms with E-state index in [1.807, 2.05) is 0 Å². The van der Waals surface area contributed by atoms with Crippen molar-refractivity contribution < 1.29 is 23.1 Å². The molecule has 90 valence electrons. The summed E-state index contributed by atoms with van der Waals surface area (Å²) in [5.41, 5.74) is 0. The molecule has 0 saturated carbocycles. The molecule has 0 aliphatic heterocycles. The Balaban J connectivity index is 2.30. The zero-order chi connectivity index (χ0) is 12.0. The van der Waals surface area contributed by atoms with Gasteiger partial charge in [0.15, 0.2) is 0 Å². The van der Waals surface area contributed by atoms with E-state index in [1.54, 1.807) is 11.4 Å². The van der Waals surface area contributed by atoms with Gasteiger partial charge in [-0.2, -0.15) is 0 Å². The van der Waals surface area contributed by atoms with Crippen LogP contribution in [0.5, 0.6) is 0 Å². The fourth-order valence-electron chi connectivity index (χ4n) is 0.895. The van der Waals surface area contributed by atoms with Crippen LogP contribution in [-0.4, -0.2) is 39.3 Å². The summed E-state index contributed by atoms with van der Waals surface area (Å²) in [7, 11) is -3.48. The summed E-state index contributed by atoms with van der Waals surface area (Å²) in [6.07, 6.45) is 0. The lowest BCUT2D eigenvalue weighted by Gasteiger charge is -2.04. The van der Waals surface area contributed by atoms with Crippen LogP contribution in [0.15, 0.2) is 21.7 Å².